The van der Waals surface area contributed by atoms with Gasteiger partial charge in [0.1, 0.15) is 0 Å². The molecule has 2 N–H and O–H groups in total. The van der Waals surface area contributed by atoms with Crippen LogP contribution in [0, 0.1) is 0 Å². The summed E-state index contributed by atoms with van der Waals surface area (Å²) in [6.45, 7) is 0. The van der Waals surface area contributed by atoms with E-state index < -0.39 is 13.5 Å². The Bertz CT molecular complexity index is 134. The van der Waals surface area contributed by atoms with Gasteiger partial charge in [0.25, 0.3) is 7.82 Å². The molecule has 0 fully saturated rings. The predicted molar refractivity (Wildman–Crippen MR) is 33.7 cm³/mol. The van der Waals surface area contributed by atoms with Gasteiger partial charge >= 0.3 is 39.0 Å². The van der Waals surface area contributed by atoms with Crippen molar-refractivity contribution in [2.45, 2.75) is 0 Å². The Morgan fingerprint density at radius 1 is 1.17 bits per heavy atom. The normalized spacial score (nSPS) is 9.83. The van der Waals surface area contributed by atoms with Crippen LogP contribution in [0.5, 0.6) is 0 Å². The molecule has 0 aromatic carbocycles. The van der Waals surface area contributed by atoms with E-state index in [2.05, 4.69) is 24.1 Å². The second kappa shape index (κ2) is 9.82. The van der Waals surface area contributed by atoms with Gasteiger partial charge in [-0.25, -0.2) is 0 Å². The Morgan fingerprint density at radius 3 is 1.17 bits per heavy atom. The summed E-state index contributed by atoms with van der Waals surface area (Å²) in [5.74, 6) is 0. The molecule has 6 nitrogen and oxygen atoms in total. The summed E-state index contributed by atoms with van der Waals surface area (Å²) in [4.78, 5) is 41.5. The van der Waals surface area contributed by atoms with Crippen molar-refractivity contribution in [2.24, 2.45) is 0 Å². The van der Waals surface area contributed by atoms with E-state index in [0.29, 0.717) is 0 Å². The number of hydrogen-bond acceptors (Lipinski definition) is 6. The molecule has 0 saturated carbocycles. The first-order valence-corrected chi connectivity index (χ1v) is 6.68. The van der Waals surface area contributed by atoms with Crippen LogP contribution in [0.3, 0.4) is 0 Å². The fraction of sp³-hybridized carbons (Fsp3) is 0. The van der Waals surface area contributed by atoms with Crippen molar-refractivity contribution in [3.63, 3.8) is 0 Å². The van der Waals surface area contributed by atoms with E-state index in [1.54, 1.807) is 0 Å². The second-order valence-electron chi connectivity index (χ2n) is 0.938. The third-order valence-corrected chi connectivity index (χ3v) is 0. The van der Waals surface area contributed by atoms with Crippen molar-refractivity contribution < 1.29 is 68.0 Å². The maximum absolute atomic E-state index is 9.29. The fourth-order valence-corrected chi connectivity index (χ4v) is 0. The van der Waals surface area contributed by atoms with Gasteiger partial charge in [-0.05, 0) is 0 Å². The summed E-state index contributed by atoms with van der Waals surface area (Å²) in [6, 6.07) is 0. The van der Waals surface area contributed by atoms with Crippen molar-refractivity contribution >= 4 is 37.6 Å². The molecule has 0 aliphatic rings. The minimum absolute atomic E-state index is 0. The molecule has 0 aliphatic heterocycles. The number of hydrogen-bond donors (Lipinski definition) is 2. The Hall–Kier alpha value is 2.28. The molecule has 0 spiro atoms. The summed E-state index contributed by atoms with van der Waals surface area (Å²) in [7, 11) is -4.89. The quantitative estimate of drug-likeness (QED) is 0.266. The predicted octanol–water partition coefficient (Wildman–Crippen LogP) is -3.09. The van der Waals surface area contributed by atoms with Crippen LogP contribution in [-0.4, -0.2) is 9.79 Å². The SMILES string of the molecule is O=P([O-])(O)O.[O-]P([O-])(=S)[S-].[Zn+2].[Zn+2]. The molecule has 0 saturated heterocycles. The van der Waals surface area contributed by atoms with E-state index in [1.807, 2.05) is 0 Å². The average Bonchev–Trinajstić information content (AvgIpc) is 1.12. The van der Waals surface area contributed by atoms with E-state index >= 15 is 0 Å². The summed E-state index contributed by atoms with van der Waals surface area (Å²) < 4.78 is 8.77. The third-order valence-electron chi connectivity index (χ3n) is 0. The van der Waals surface area contributed by atoms with Crippen molar-refractivity contribution in [2.75, 3.05) is 0 Å². The number of rotatable bonds is 0. The van der Waals surface area contributed by atoms with Gasteiger partial charge in [-0.15, -0.1) is 0 Å². The Morgan fingerprint density at radius 2 is 1.17 bits per heavy atom. The van der Waals surface area contributed by atoms with Gasteiger partial charge in [0.05, 0.1) is 0 Å². The largest absolute Gasteiger partial charge is 2.00 e. The van der Waals surface area contributed by atoms with Crippen LogP contribution in [0.4, 0.5) is 0 Å². The molecule has 0 aromatic heterocycles. The molecule has 0 atom stereocenters. The van der Waals surface area contributed by atoms with Crippen LogP contribution in [0.2, 0.25) is 0 Å². The fourth-order valence-electron chi connectivity index (χ4n) is 0. The minimum Gasteiger partial charge on any atom is -0.850 e. The van der Waals surface area contributed by atoms with E-state index in [0.717, 1.165) is 0 Å². The van der Waals surface area contributed by atoms with E-state index in [-0.39, 0.29) is 39.0 Å². The molecule has 0 aromatic rings. The topological polar surface area (TPSA) is 127 Å². The van der Waals surface area contributed by atoms with Gasteiger partial charge in [-0.3, -0.25) is 4.57 Å². The van der Waals surface area contributed by atoms with Crippen molar-refractivity contribution in [1.82, 2.24) is 0 Å². The molecule has 0 aliphatic carbocycles. The molecule has 0 amide bonds. The molecule has 0 bridgehead atoms. The maximum atomic E-state index is 9.29. The zero-order chi connectivity index (χ0) is 9.00. The maximum Gasteiger partial charge on any atom is 2.00 e. The molecule has 64 valence electrons. The van der Waals surface area contributed by atoms with Crippen LogP contribution in [0.15, 0.2) is 0 Å². The summed E-state index contributed by atoms with van der Waals surface area (Å²) in [6.07, 6.45) is 0. The van der Waals surface area contributed by atoms with E-state index in [9.17, 15) is 9.79 Å². The van der Waals surface area contributed by atoms with Gasteiger partial charge in [-0.1, -0.05) is 0 Å². The first kappa shape index (κ1) is 23.8. The zero-order valence-corrected chi connectivity index (χ0v) is 15.0. The molecule has 0 radical (unpaired) electrons. The summed E-state index contributed by atoms with van der Waals surface area (Å²) >= 11 is 7.28. The number of phosphoric acid groups is 1. The standard InChI is InChI=1S/H3O4P.H3O2PS2.2Zn/c1-5(2,3)4;1-3(2,4)5;;/h(H3,1,2,3,4);(H3,1,2,4,5);;/q;;2*+2/p-4. The first-order chi connectivity index (χ1) is 4.00. The van der Waals surface area contributed by atoms with Gasteiger partial charge in [0.2, 0.25) is 0 Å². The van der Waals surface area contributed by atoms with Gasteiger partial charge in [-0.2, -0.15) is 11.8 Å². The van der Waals surface area contributed by atoms with Crippen LogP contribution in [-0.2, 0) is 67.6 Å². The van der Waals surface area contributed by atoms with Gasteiger partial charge in [0.15, 0.2) is 0 Å². The van der Waals surface area contributed by atoms with Crippen molar-refractivity contribution in [1.29, 1.82) is 0 Å². The van der Waals surface area contributed by atoms with E-state index in [1.165, 1.54) is 0 Å². The second-order valence-corrected chi connectivity index (χ2v) is 6.39. The van der Waals surface area contributed by atoms with Crippen LogP contribution in [0.1, 0.15) is 0 Å². The molecule has 0 rings (SSSR count). The monoisotopic (exact) mass is 352 g/mol. The molecule has 0 heterocycles. The average molecular weight is 355 g/mol. The minimum atomic E-state index is -4.89. The molecule has 0 unspecified atom stereocenters. The van der Waals surface area contributed by atoms with E-state index in [4.69, 9.17) is 19.2 Å². The molecular formula is H2O6P2S2Zn2. The van der Waals surface area contributed by atoms with Crippen LogP contribution in [0.25, 0.3) is 0 Å². The summed E-state index contributed by atoms with van der Waals surface area (Å²) in [5, 5.41) is 0. The molecule has 12 heavy (non-hydrogen) atoms. The van der Waals surface area contributed by atoms with Crippen molar-refractivity contribution in [3.8, 4) is 0 Å². The van der Waals surface area contributed by atoms with Crippen molar-refractivity contribution in [3.05, 3.63) is 0 Å². The Balaban J connectivity index is -0.0000000457. The smallest absolute Gasteiger partial charge is 0.850 e. The third kappa shape index (κ3) is 301. The van der Waals surface area contributed by atoms with Crippen LogP contribution < -0.4 is 14.7 Å². The Labute approximate surface area is 105 Å². The first-order valence-electron chi connectivity index (χ1n) is 1.50. The summed E-state index contributed by atoms with van der Waals surface area (Å²) in [5.41, 5.74) is -3.72. The zero-order valence-electron chi connectivity index (χ0n) is 5.65. The van der Waals surface area contributed by atoms with Gasteiger partial charge < -0.3 is 42.4 Å². The molecular weight excluding hydrogens is 353 g/mol. The molecule has 12 heteroatoms. The Kier molecular flexibility index (Phi) is 19.5. The van der Waals surface area contributed by atoms with Gasteiger partial charge in [0, 0.05) is 0 Å². The van der Waals surface area contributed by atoms with Crippen LogP contribution >= 0.6 is 13.5 Å².